The number of ether oxygens (including phenoxy) is 2. The number of amides is 1. The fraction of sp³-hybridized carbons (Fsp3) is 0.818. The Balaban J connectivity index is 1.78. The van der Waals surface area contributed by atoms with Gasteiger partial charge in [0.25, 0.3) is 0 Å². The zero-order valence-electron chi connectivity index (χ0n) is 10.5. The van der Waals surface area contributed by atoms with Crippen LogP contribution in [-0.2, 0) is 14.3 Å². The number of carbonyl (C=O) groups is 2. The van der Waals surface area contributed by atoms with Crippen molar-refractivity contribution in [1.82, 2.24) is 5.01 Å². The highest BCUT2D eigenvalue weighted by Gasteiger charge is 2.60. The first kappa shape index (κ1) is 11.6. The van der Waals surface area contributed by atoms with Crippen molar-refractivity contribution in [3.05, 3.63) is 0 Å². The highest BCUT2D eigenvalue weighted by molar-refractivity contribution is 5.88. The van der Waals surface area contributed by atoms with Crippen LogP contribution in [0.4, 0.5) is 4.79 Å². The normalized spacial score (nSPS) is 37.3. The summed E-state index contributed by atoms with van der Waals surface area (Å²) in [7, 11) is 0. The zero-order valence-corrected chi connectivity index (χ0v) is 10.5. The lowest BCUT2D eigenvalue weighted by Gasteiger charge is -2.27. The van der Waals surface area contributed by atoms with Gasteiger partial charge in [-0.3, -0.25) is 4.79 Å². The Morgan fingerprint density at radius 1 is 1.50 bits per heavy atom. The van der Waals surface area contributed by atoms with E-state index in [2.05, 4.69) is 10.3 Å². The van der Waals surface area contributed by atoms with Crippen LogP contribution >= 0.6 is 0 Å². The van der Waals surface area contributed by atoms with Crippen LogP contribution in [0.1, 0.15) is 27.2 Å². The molecule has 0 aliphatic carbocycles. The van der Waals surface area contributed by atoms with Crippen LogP contribution in [0.15, 0.2) is 10.3 Å². The van der Waals surface area contributed by atoms with Gasteiger partial charge in [0.2, 0.25) is 0 Å². The Labute approximate surface area is 104 Å². The summed E-state index contributed by atoms with van der Waals surface area (Å²) in [5.41, 5.74) is -0.604. The maximum Gasteiger partial charge on any atom is 0.432 e. The van der Waals surface area contributed by atoms with Gasteiger partial charge < -0.3 is 9.47 Å². The maximum absolute atomic E-state index is 12.0. The first-order chi connectivity index (χ1) is 8.37. The van der Waals surface area contributed by atoms with E-state index in [0.717, 1.165) is 5.01 Å². The Morgan fingerprint density at radius 2 is 2.22 bits per heavy atom. The molecule has 2 bridgehead atoms. The van der Waals surface area contributed by atoms with Crippen LogP contribution in [0, 0.1) is 0 Å². The van der Waals surface area contributed by atoms with Gasteiger partial charge >= 0.3 is 6.09 Å². The highest BCUT2D eigenvalue weighted by atomic mass is 16.6. The van der Waals surface area contributed by atoms with E-state index in [4.69, 9.17) is 9.47 Å². The molecule has 3 aliphatic heterocycles. The summed E-state index contributed by atoms with van der Waals surface area (Å²) in [4.78, 5) is 23.6. The molecule has 0 spiro atoms. The van der Waals surface area contributed by atoms with Gasteiger partial charge in [0.1, 0.15) is 23.8 Å². The molecular weight excluding hydrogens is 238 g/mol. The van der Waals surface area contributed by atoms with Crippen molar-refractivity contribution in [2.24, 2.45) is 10.3 Å². The fourth-order valence-electron chi connectivity index (χ4n) is 2.56. The molecule has 0 N–H and O–H groups in total. The second kappa shape index (κ2) is 3.50. The third-order valence-corrected chi connectivity index (χ3v) is 3.23. The SMILES string of the molecule is CC(C)(C)OC(=O)N1N=N[C@H]2[C@H]1[C@H]1O[C@H]2CC1=O. The van der Waals surface area contributed by atoms with Crippen LogP contribution in [0.2, 0.25) is 0 Å². The monoisotopic (exact) mass is 253 g/mol. The predicted molar refractivity (Wildman–Crippen MR) is 58.8 cm³/mol. The number of rotatable bonds is 0. The standard InChI is InChI=1S/C11H15N3O4/c1-11(2,3)18-10(16)14-8-7(12-13-14)6-4-5(15)9(8)17-6/h6-9H,4H2,1-3H3/t6-,7+,8-,9-/m0/s1. The number of Topliss-reactive ketones (excluding diaryl/α,β-unsaturated/α-hetero) is 1. The van der Waals surface area contributed by atoms with Crippen molar-refractivity contribution in [2.45, 2.75) is 57.1 Å². The topological polar surface area (TPSA) is 80.6 Å². The second-order valence-electron chi connectivity index (χ2n) is 5.78. The van der Waals surface area contributed by atoms with E-state index in [1.165, 1.54) is 0 Å². The van der Waals surface area contributed by atoms with Crippen LogP contribution < -0.4 is 0 Å². The molecule has 3 rings (SSSR count). The third kappa shape index (κ3) is 1.61. The quantitative estimate of drug-likeness (QED) is 0.647. The van der Waals surface area contributed by atoms with Crippen LogP contribution in [0.5, 0.6) is 0 Å². The Hall–Kier alpha value is -1.50. The summed E-state index contributed by atoms with van der Waals surface area (Å²) in [6.07, 6.45) is -1.04. The lowest BCUT2D eigenvalue weighted by atomic mass is 9.90. The molecule has 4 atom stereocenters. The van der Waals surface area contributed by atoms with Crippen molar-refractivity contribution in [3.8, 4) is 0 Å². The van der Waals surface area contributed by atoms with Gasteiger partial charge in [0, 0.05) is 6.42 Å². The summed E-state index contributed by atoms with van der Waals surface area (Å²) in [5, 5.41) is 9.00. The molecule has 0 aromatic rings. The molecule has 7 heteroatoms. The largest absolute Gasteiger partial charge is 0.442 e. The van der Waals surface area contributed by atoms with Crippen molar-refractivity contribution in [2.75, 3.05) is 0 Å². The minimum atomic E-state index is -0.604. The first-order valence-electron chi connectivity index (χ1n) is 5.98. The lowest BCUT2D eigenvalue weighted by molar-refractivity contribution is -0.123. The fourth-order valence-corrected chi connectivity index (χ4v) is 2.56. The minimum Gasteiger partial charge on any atom is -0.442 e. The van der Waals surface area contributed by atoms with Crippen molar-refractivity contribution < 1.29 is 19.1 Å². The van der Waals surface area contributed by atoms with Crippen molar-refractivity contribution in [3.63, 3.8) is 0 Å². The molecule has 3 aliphatic rings. The molecule has 1 amide bonds. The smallest absolute Gasteiger partial charge is 0.432 e. The molecule has 18 heavy (non-hydrogen) atoms. The van der Waals surface area contributed by atoms with Crippen molar-refractivity contribution in [1.29, 1.82) is 0 Å². The van der Waals surface area contributed by atoms with Crippen LogP contribution in [-0.4, -0.2) is 46.8 Å². The van der Waals surface area contributed by atoms with Gasteiger partial charge in [-0.15, -0.1) is 0 Å². The van der Waals surface area contributed by atoms with Gasteiger partial charge in [-0.05, 0) is 20.8 Å². The van der Waals surface area contributed by atoms with Gasteiger partial charge in [-0.25, -0.2) is 4.79 Å². The minimum absolute atomic E-state index is 0.0158. The second-order valence-corrected chi connectivity index (χ2v) is 5.78. The zero-order chi connectivity index (χ0) is 13.1. The summed E-state index contributed by atoms with van der Waals surface area (Å²) >= 11 is 0. The molecular formula is C11H15N3O4. The molecule has 0 aromatic carbocycles. The summed E-state index contributed by atoms with van der Waals surface area (Å²) < 4.78 is 10.7. The number of carbonyl (C=O) groups excluding carboxylic acids is 2. The summed E-state index contributed by atoms with van der Waals surface area (Å²) in [6.45, 7) is 5.33. The number of fused-ring (bicyclic) bond motifs is 5. The van der Waals surface area contributed by atoms with Gasteiger partial charge in [-0.1, -0.05) is 5.22 Å². The molecule has 98 valence electrons. The highest BCUT2D eigenvalue weighted by Crippen LogP contribution is 2.41. The average Bonchev–Trinajstić information content (AvgIpc) is 2.82. The number of nitrogens with zero attached hydrogens (tertiary/aromatic N) is 3. The van der Waals surface area contributed by atoms with E-state index in [0.29, 0.717) is 6.42 Å². The van der Waals surface area contributed by atoms with Crippen LogP contribution in [0.25, 0.3) is 0 Å². The molecule has 0 unspecified atom stereocenters. The van der Waals surface area contributed by atoms with E-state index in [-0.39, 0.29) is 17.9 Å². The first-order valence-corrected chi connectivity index (χ1v) is 5.98. The molecule has 7 nitrogen and oxygen atoms in total. The molecule has 2 fully saturated rings. The van der Waals surface area contributed by atoms with Gasteiger partial charge in [-0.2, -0.15) is 10.1 Å². The van der Waals surface area contributed by atoms with E-state index in [1.807, 2.05) is 0 Å². The van der Waals surface area contributed by atoms with Crippen LogP contribution in [0.3, 0.4) is 0 Å². The number of hydrogen-bond acceptors (Lipinski definition) is 6. The Bertz CT molecular complexity index is 442. The van der Waals surface area contributed by atoms with Crippen molar-refractivity contribution >= 4 is 11.9 Å². The van der Waals surface area contributed by atoms with E-state index >= 15 is 0 Å². The third-order valence-electron chi connectivity index (χ3n) is 3.23. The molecule has 3 heterocycles. The number of hydrogen-bond donors (Lipinski definition) is 0. The Morgan fingerprint density at radius 3 is 2.89 bits per heavy atom. The lowest BCUT2D eigenvalue weighted by Crippen LogP contribution is -2.50. The Kier molecular flexibility index (Phi) is 2.25. The average molecular weight is 253 g/mol. The predicted octanol–water partition coefficient (Wildman–Crippen LogP) is 1.08. The molecule has 2 saturated heterocycles. The van der Waals surface area contributed by atoms with E-state index in [1.54, 1.807) is 20.8 Å². The molecule has 0 saturated carbocycles. The summed E-state index contributed by atoms with van der Waals surface area (Å²) in [5.74, 6) is 0.0158. The van der Waals surface area contributed by atoms with Gasteiger partial charge in [0.05, 0.1) is 6.10 Å². The van der Waals surface area contributed by atoms with E-state index in [9.17, 15) is 9.59 Å². The maximum atomic E-state index is 12.0. The van der Waals surface area contributed by atoms with E-state index < -0.39 is 23.8 Å². The molecule has 0 aromatic heterocycles. The number of ketones is 1. The summed E-state index contributed by atoms with van der Waals surface area (Å²) in [6, 6.07) is -0.647. The van der Waals surface area contributed by atoms with Gasteiger partial charge in [0.15, 0.2) is 5.78 Å². The molecule has 0 radical (unpaired) electrons.